The molecular formula is C17H22ClFN2O3S. The fourth-order valence-electron chi connectivity index (χ4n) is 3.71. The van der Waals surface area contributed by atoms with Gasteiger partial charge < -0.3 is 4.90 Å². The quantitative estimate of drug-likeness (QED) is 0.794. The van der Waals surface area contributed by atoms with Crippen molar-refractivity contribution in [2.75, 3.05) is 24.6 Å². The summed E-state index contributed by atoms with van der Waals surface area (Å²) in [5, 5.41) is 0.332. The number of amides is 1. The zero-order valence-electron chi connectivity index (χ0n) is 14.3. The molecule has 2 aliphatic heterocycles. The first kappa shape index (κ1) is 18.6. The Bertz CT molecular complexity index is 764. The van der Waals surface area contributed by atoms with Crippen LogP contribution in [0.5, 0.6) is 0 Å². The van der Waals surface area contributed by atoms with E-state index in [0.29, 0.717) is 23.7 Å². The van der Waals surface area contributed by atoms with Crippen LogP contribution in [0.15, 0.2) is 18.2 Å². The molecule has 0 spiro atoms. The van der Waals surface area contributed by atoms with Crippen LogP contribution in [0.2, 0.25) is 5.02 Å². The number of halogens is 2. The molecule has 1 amide bonds. The molecule has 2 heterocycles. The number of rotatable bonds is 3. The van der Waals surface area contributed by atoms with Crippen LogP contribution in [-0.2, 0) is 21.2 Å². The van der Waals surface area contributed by atoms with E-state index >= 15 is 0 Å². The lowest BCUT2D eigenvalue weighted by Crippen LogP contribution is -2.60. The van der Waals surface area contributed by atoms with Crippen LogP contribution >= 0.6 is 11.6 Å². The Balaban J connectivity index is 1.87. The zero-order chi connectivity index (χ0) is 18.4. The lowest BCUT2D eigenvalue weighted by molar-refractivity contribution is -0.140. The number of fused-ring (bicyclic) bond motifs is 1. The normalized spacial score (nSPS) is 26.0. The van der Waals surface area contributed by atoms with Gasteiger partial charge in [0.25, 0.3) is 0 Å². The van der Waals surface area contributed by atoms with Gasteiger partial charge >= 0.3 is 0 Å². The van der Waals surface area contributed by atoms with E-state index in [0.717, 1.165) is 0 Å². The van der Waals surface area contributed by atoms with E-state index in [1.165, 1.54) is 6.07 Å². The number of benzene rings is 1. The smallest absolute Gasteiger partial charge is 0.225 e. The van der Waals surface area contributed by atoms with Crippen molar-refractivity contribution in [3.8, 4) is 0 Å². The van der Waals surface area contributed by atoms with Gasteiger partial charge in [0.15, 0.2) is 9.84 Å². The van der Waals surface area contributed by atoms with Gasteiger partial charge in [-0.1, -0.05) is 31.5 Å². The van der Waals surface area contributed by atoms with Crippen LogP contribution in [0.3, 0.4) is 0 Å². The molecule has 2 fully saturated rings. The summed E-state index contributed by atoms with van der Waals surface area (Å²) in [5.41, 5.74) is 0.371. The van der Waals surface area contributed by atoms with Gasteiger partial charge in [0.2, 0.25) is 5.91 Å². The summed E-state index contributed by atoms with van der Waals surface area (Å²) < 4.78 is 38.5. The highest BCUT2D eigenvalue weighted by Crippen LogP contribution is 2.31. The number of hydrogen-bond acceptors (Lipinski definition) is 4. The van der Waals surface area contributed by atoms with Crippen LogP contribution in [-0.4, -0.2) is 60.8 Å². The van der Waals surface area contributed by atoms with Gasteiger partial charge in [-0.2, -0.15) is 0 Å². The molecule has 0 aliphatic carbocycles. The summed E-state index contributed by atoms with van der Waals surface area (Å²) in [6.45, 7) is 4.81. The fourth-order valence-corrected chi connectivity index (χ4v) is 5.95. The summed E-state index contributed by atoms with van der Waals surface area (Å²) in [6, 6.07) is 3.82. The predicted molar refractivity (Wildman–Crippen MR) is 94.6 cm³/mol. The molecule has 8 heteroatoms. The van der Waals surface area contributed by atoms with Crippen molar-refractivity contribution in [3.63, 3.8) is 0 Å². The topological polar surface area (TPSA) is 57.7 Å². The van der Waals surface area contributed by atoms with Gasteiger partial charge in [0, 0.05) is 42.2 Å². The monoisotopic (exact) mass is 388 g/mol. The maximum Gasteiger partial charge on any atom is 0.225 e. The van der Waals surface area contributed by atoms with E-state index in [1.54, 1.807) is 17.0 Å². The van der Waals surface area contributed by atoms with Gasteiger partial charge in [-0.25, -0.2) is 12.8 Å². The molecule has 2 atom stereocenters. The molecule has 1 aromatic rings. The Morgan fingerprint density at radius 2 is 1.96 bits per heavy atom. The number of nitrogens with zero attached hydrogens (tertiary/aromatic N) is 2. The van der Waals surface area contributed by atoms with Crippen molar-refractivity contribution in [1.82, 2.24) is 9.80 Å². The van der Waals surface area contributed by atoms with E-state index in [2.05, 4.69) is 0 Å². The lowest BCUT2D eigenvalue weighted by atomic mass is 10.0. The predicted octanol–water partition coefficient (Wildman–Crippen LogP) is 1.94. The molecule has 0 bridgehead atoms. The molecule has 5 nitrogen and oxygen atoms in total. The Morgan fingerprint density at radius 3 is 2.60 bits per heavy atom. The minimum Gasteiger partial charge on any atom is -0.336 e. The van der Waals surface area contributed by atoms with Crippen LogP contribution in [0.1, 0.15) is 19.4 Å². The van der Waals surface area contributed by atoms with E-state index < -0.39 is 15.7 Å². The molecule has 0 unspecified atom stereocenters. The third-order valence-corrected chi connectivity index (χ3v) is 7.04. The minimum atomic E-state index is -3.23. The number of piperazine rings is 1. The number of sulfone groups is 1. The average molecular weight is 389 g/mol. The minimum absolute atomic E-state index is 0.00832. The zero-order valence-corrected chi connectivity index (χ0v) is 15.9. The molecule has 0 N–H and O–H groups in total. The molecule has 0 saturated carbocycles. The summed E-state index contributed by atoms with van der Waals surface area (Å²) in [6.07, 6.45) is 0. The second-order valence-electron chi connectivity index (χ2n) is 7.07. The number of carbonyl (C=O) groups excluding carboxylic acids is 1. The maximum atomic E-state index is 14.1. The Hall–Kier alpha value is -1.18. The summed E-state index contributed by atoms with van der Waals surface area (Å²) >= 11 is 6.12. The first-order valence-corrected chi connectivity index (χ1v) is 10.6. The van der Waals surface area contributed by atoms with E-state index in [4.69, 9.17) is 11.6 Å². The third-order valence-electron chi connectivity index (χ3n) is 4.99. The Kier molecular flexibility index (Phi) is 5.10. The van der Waals surface area contributed by atoms with Gasteiger partial charge in [0.1, 0.15) is 5.82 Å². The van der Waals surface area contributed by atoms with Gasteiger partial charge in [-0.3, -0.25) is 9.69 Å². The largest absolute Gasteiger partial charge is 0.336 e. The van der Waals surface area contributed by atoms with Crippen molar-refractivity contribution in [3.05, 3.63) is 34.6 Å². The molecule has 0 aromatic heterocycles. The first-order valence-electron chi connectivity index (χ1n) is 8.37. The van der Waals surface area contributed by atoms with Crippen molar-refractivity contribution in [1.29, 1.82) is 0 Å². The van der Waals surface area contributed by atoms with Crippen molar-refractivity contribution < 1.29 is 17.6 Å². The van der Waals surface area contributed by atoms with E-state index in [-0.39, 0.29) is 42.0 Å². The molecule has 1 aromatic carbocycles. The summed E-state index contributed by atoms with van der Waals surface area (Å²) in [7, 11) is -3.23. The number of hydrogen-bond donors (Lipinski definition) is 0. The highest BCUT2D eigenvalue weighted by molar-refractivity contribution is 7.91. The van der Waals surface area contributed by atoms with Crippen LogP contribution in [0.25, 0.3) is 0 Å². The summed E-state index contributed by atoms with van der Waals surface area (Å²) in [5.74, 6) is -0.652. The van der Waals surface area contributed by atoms with E-state index in [1.807, 2.05) is 18.7 Å². The lowest BCUT2D eigenvalue weighted by Gasteiger charge is -2.44. The molecule has 0 radical (unpaired) electrons. The standard InChI is InChI=1S/C17H22ClFN2O3S/c1-11(2)17(22)21-7-6-20(15-9-25(23,24)10-16(15)21)8-12-13(18)4-3-5-14(12)19/h3-5,11,15-16H,6-10H2,1-2H3/t15-,16+/m0/s1. The molecule has 138 valence electrons. The highest BCUT2D eigenvalue weighted by atomic mass is 35.5. The maximum absolute atomic E-state index is 14.1. The summed E-state index contributed by atoms with van der Waals surface area (Å²) in [4.78, 5) is 16.1. The van der Waals surface area contributed by atoms with Gasteiger partial charge in [0.05, 0.1) is 17.5 Å². The molecule has 25 heavy (non-hydrogen) atoms. The van der Waals surface area contributed by atoms with Crippen molar-refractivity contribution in [2.24, 2.45) is 5.92 Å². The Morgan fingerprint density at radius 1 is 1.28 bits per heavy atom. The molecule has 2 aliphatic rings. The Labute approximate surface area is 152 Å². The van der Waals surface area contributed by atoms with Crippen molar-refractivity contribution >= 4 is 27.3 Å². The molecule has 2 saturated heterocycles. The molecular weight excluding hydrogens is 367 g/mol. The fraction of sp³-hybridized carbons (Fsp3) is 0.588. The highest BCUT2D eigenvalue weighted by Gasteiger charge is 2.48. The first-order chi connectivity index (χ1) is 11.7. The third kappa shape index (κ3) is 3.68. The van der Waals surface area contributed by atoms with Crippen LogP contribution in [0, 0.1) is 11.7 Å². The second-order valence-corrected chi connectivity index (χ2v) is 9.63. The van der Waals surface area contributed by atoms with E-state index in [9.17, 15) is 17.6 Å². The average Bonchev–Trinajstić information content (AvgIpc) is 2.85. The SMILES string of the molecule is CC(C)C(=O)N1CCN(Cc2c(F)cccc2Cl)[C@H]2CS(=O)(=O)C[C@H]21. The second kappa shape index (κ2) is 6.85. The number of carbonyl (C=O) groups is 1. The van der Waals surface area contributed by atoms with Gasteiger partial charge in [-0.15, -0.1) is 0 Å². The van der Waals surface area contributed by atoms with Crippen molar-refractivity contribution in [2.45, 2.75) is 32.5 Å². The van der Waals surface area contributed by atoms with Gasteiger partial charge in [-0.05, 0) is 12.1 Å². The van der Waals surface area contributed by atoms with Crippen LogP contribution < -0.4 is 0 Å². The van der Waals surface area contributed by atoms with Crippen LogP contribution in [0.4, 0.5) is 4.39 Å². The molecule has 3 rings (SSSR count).